The van der Waals surface area contributed by atoms with Gasteiger partial charge in [0.1, 0.15) is 16.2 Å². The first-order valence-electron chi connectivity index (χ1n) is 8.33. The second kappa shape index (κ2) is 6.75. The zero-order chi connectivity index (χ0) is 19.9. The number of benzene rings is 3. The van der Waals surface area contributed by atoms with E-state index in [4.69, 9.17) is 10.3 Å². The summed E-state index contributed by atoms with van der Waals surface area (Å²) < 4.78 is 39.6. The van der Waals surface area contributed by atoms with Crippen LogP contribution in [0.2, 0.25) is 0 Å². The van der Waals surface area contributed by atoms with Gasteiger partial charge in [-0.1, -0.05) is 30.3 Å². The van der Waals surface area contributed by atoms with Gasteiger partial charge >= 0.3 is 0 Å². The Morgan fingerprint density at radius 2 is 1.79 bits per heavy atom. The number of hydrogen-bond acceptors (Lipinski definition) is 6. The largest absolute Gasteiger partial charge is 0.456 e. The van der Waals surface area contributed by atoms with Crippen molar-refractivity contribution in [2.45, 2.75) is 11.5 Å². The normalized spacial score (nSPS) is 12.7. The van der Waals surface area contributed by atoms with Crippen LogP contribution in [-0.4, -0.2) is 18.1 Å². The Morgan fingerprint density at radius 1 is 1.00 bits per heavy atom. The molecule has 2 aromatic rings. The summed E-state index contributed by atoms with van der Waals surface area (Å²) in [5.41, 5.74) is 2.65. The van der Waals surface area contributed by atoms with Gasteiger partial charge in [-0.2, -0.15) is 13.5 Å². The Balaban J connectivity index is 2.21. The predicted molar refractivity (Wildman–Crippen MR) is 104 cm³/mol. The third-order valence-electron chi connectivity index (χ3n) is 4.54. The smallest absolute Gasteiger partial charge is 0.295 e. The van der Waals surface area contributed by atoms with Gasteiger partial charge in [-0.25, -0.2) is 0 Å². The molecule has 1 heterocycles. The van der Waals surface area contributed by atoms with Crippen LogP contribution in [-0.2, 0) is 16.7 Å². The van der Waals surface area contributed by atoms with Gasteiger partial charge in [0.15, 0.2) is 0 Å². The van der Waals surface area contributed by atoms with Gasteiger partial charge < -0.3 is 15.4 Å². The number of hydrogen-bond donors (Lipinski definition) is 3. The minimum Gasteiger partial charge on any atom is -0.456 e. The Kier molecular flexibility index (Phi) is 4.38. The Labute approximate surface area is 160 Å². The maximum Gasteiger partial charge on any atom is 0.295 e. The summed E-state index contributed by atoms with van der Waals surface area (Å²) in [6, 6.07) is 16.4. The molecule has 1 aliphatic heterocycles. The number of nitrogens with zero attached hydrogens (tertiary/aromatic N) is 1. The van der Waals surface area contributed by atoms with Crippen LogP contribution in [0.4, 0.5) is 0 Å². The first-order chi connectivity index (χ1) is 13.4. The van der Waals surface area contributed by atoms with Crippen LogP contribution in [0.3, 0.4) is 0 Å². The lowest BCUT2D eigenvalue weighted by Gasteiger charge is -2.17. The third-order valence-corrected chi connectivity index (χ3v) is 5.45. The minimum atomic E-state index is -4.45. The molecule has 2 aromatic carbocycles. The first-order valence-corrected chi connectivity index (χ1v) is 9.77. The van der Waals surface area contributed by atoms with Crippen LogP contribution in [0.15, 0.2) is 75.1 Å². The molecule has 0 bridgehead atoms. The second-order valence-electron chi connectivity index (χ2n) is 6.25. The lowest BCUT2D eigenvalue weighted by molar-refractivity contribution is 0.282. The van der Waals surface area contributed by atoms with Crippen molar-refractivity contribution >= 4 is 21.1 Å². The molecule has 8 heteroatoms. The van der Waals surface area contributed by atoms with E-state index < -0.39 is 10.1 Å². The number of aliphatic hydroxyl groups is 1. The fraction of sp³-hybridized carbons (Fsp3) is 0.0500. The van der Waals surface area contributed by atoms with Gasteiger partial charge in [0.2, 0.25) is 0 Å². The van der Waals surface area contributed by atoms with Crippen LogP contribution in [0.5, 0.6) is 0 Å². The molecule has 0 unspecified atom stereocenters. The van der Waals surface area contributed by atoms with Gasteiger partial charge in [0, 0.05) is 28.1 Å². The Hall–Kier alpha value is -3.20. The van der Waals surface area contributed by atoms with Crippen molar-refractivity contribution in [2.75, 3.05) is 0 Å². The number of fused-ring (bicyclic) bond motifs is 2. The molecular weight excluding hydrogens is 380 g/mol. The highest BCUT2D eigenvalue weighted by molar-refractivity contribution is 7.86. The molecule has 2 aliphatic rings. The van der Waals surface area contributed by atoms with E-state index in [-0.39, 0.29) is 11.5 Å². The van der Waals surface area contributed by atoms with E-state index in [1.54, 1.807) is 54.6 Å². The Bertz CT molecular complexity index is 1340. The monoisotopic (exact) mass is 396 g/mol. The van der Waals surface area contributed by atoms with E-state index in [0.29, 0.717) is 44.3 Å². The molecule has 0 fully saturated rings. The van der Waals surface area contributed by atoms with E-state index in [1.807, 2.05) is 0 Å². The van der Waals surface area contributed by atoms with E-state index in [0.717, 1.165) is 0 Å². The summed E-state index contributed by atoms with van der Waals surface area (Å²) in [7, 11) is -4.45. The Morgan fingerprint density at radius 3 is 2.50 bits per heavy atom. The molecule has 0 atom stereocenters. The summed E-state index contributed by atoms with van der Waals surface area (Å²) in [6.45, 7) is -0.168. The van der Waals surface area contributed by atoms with Crippen molar-refractivity contribution in [3.63, 3.8) is 0 Å². The van der Waals surface area contributed by atoms with Crippen LogP contribution in [0.1, 0.15) is 5.56 Å². The molecular formula is C20H16N2O5S. The van der Waals surface area contributed by atoms with Crippen LogP contribution in [0.25, 0.3) is 33.4 Å². The van der Waals surface area contributed by atoms with E-state index in [2.05, 4.69) is 5.10 Å². The van der Waals surface area contributed by atoms with Crippen molar-refractivity contribution < 1.29 is 22.5 Å². The maximum absolute atomic E-state index is 12.0. The van der Waals surface area contributed by atoms with E-state index in [9.17, 15) is 18.1 Å². The standard InChI is InChI=1S/C20H16N2O5S/c21-22-13-6-8-15-18(10-13)27-17-9-12(11-23)5-7-14(17)20(15)16-3-1-2-4-19(16)28(24,25)26/h1-10,23H,11,21H2,(H,24,25,26). The number of rotatable bonds is 3. The summed E-state index contributed by atoms with van der Waals surface area (Å²) in [4.78, 5) is -0.206. The molecule has 4 N–H and O–H groups in total. The summed E-state index contributed by atoms with van der Waals surface area (Å²) >= 11 is 0. The average Bonchev–Trinajstić information content (AvgIpc) is 2.70. The quantitative estimate of drug-likeness (QED) is 0.212. The highest BCUT2D eigenvalue weighted by Crippen LogP contribution is 2.42. The molecule has 0 spiro atoms. The average molecular weight is 396 g/mol. The molecule has 4 rings (SSSR count). The van der Waals surface area contributed by atoms with Crippen molar-refractivity contribution in [1.29, 1.82) is 0 Å². The van der Waals surface area contributed by atoms with Crippen LogP contribution >= 0.6 is 0 Å². The first kappa shape index (κ1) is 18.2. The third kappa shape index (κ3) is 3.03. The zero-order valence-corrected chi connectivity index (χ0v) is 15.3. The van der Waals surface area contributed by atoms with Crippen molar-refractivity contribution in [3.8, 4) is 22.5 Å². The van der Waals surface area contributed by atoms with Gasteiger partial charge in [0.25, 0.3) is 10.1 Å². The van der Waals surface area contributed by atoms with Gasteiger partial charge in [-0.15, -0.1) is 0 Å². The van der Waals surface area contributed by atoms with Crippen molar-refractivity contribution in [3.05, 3.63) is 71.6 Å². The minimum absolute atomic E-state index is 0.168. The maximum atomic E-state index is 12.0. The second-order valence-corrected chi connectivity index (χ2v) is 7.64. The van der Waals surface area contributed by atoms with Gasteiger partial charge in [0.05, 0.1) is 12.0 Å². The SMILES string of the molecule is NN=c1ccc2c(-c3ccccc3S(=O)(=O)O)c3ccc(CO)cc3oc-2c1. The molecule has 0 saturated heterocycles. The van der Waals surface area contributed by atoms with E-state index in [1.165, 1.54) is 6.07 Å². The van der Waals surface area contributed by atoms with E-state index >= 15 is 0 Å². The zero-order valence-electron chi connectivity index (χ0n) is 14.5. The lowest BCUT2D eigenvalue weighted by Crippen LogP contribution is -2.06. The fourth-order valence-corrected chi connectivity index (χ4v) is 3.99. The predicted octanol–water partition coefficient (Wildman–Crippen LogP) is 2.72. The highest BCUT2D eigenvalue weighted by atomic mass is 32.2. The van der Waals surface area contributed by atoms with Gasteiger partial charge in [-0.05, 0) is 29.8 Å². The number of aliphatic hydroxyl groups excluding tert-OH is 1. The highest BCUT2D eigenvalue weighted by Gasteiger charge is 2.23. The topological polar surface area (TPSA) is 126 Å². The summed E-state index contributed by atoms with van der Waals surface area (Å²) in [5, 5.41) is 14.2. The molecule has 142 valence electrons. The van der Waals surface area contributed by atoms with Crippen molar-refractivity contribution in [1.82, 2.24) is 0 Å². The molecule has 0 radical (unpaired) electrons. The molecule has 0 saturated carbocycles. The van der Waals surface area contributed by atoms with Gasteiger partial charge in [-0.3, -0.25) is 4.55 Å². The molecule has 0 amide bonds. The fourth-order valence-electron chi connectivity index (χ4n) is 3.29. The summed E-state index contributed by atoms with van der Waals surface area (Å²) in [5.74, 6) is 5.81. The molecule has 0 aromatic heterocycles. The molecule has 1 aliphatic carbocycles. The number of nitrogens with two attached hydrogens (primary N) is 1. The lowest BCUT2D eigenvalue weighted by atomic mass is 9.93. The summed E-state index contributed by atoms with van der Waals surface area (Å²) in [6.07, 6.45) is 0. The molecule has 28 heavy (non-hydrogen) atoms. The van der Waals surface area contributed by atoms with Crippen LogP contribution < -0.4 is 11.2 Å². The van der Waals surface area contributed by atoms with Crippen LogP contribution in [0, 0.1) is 0 Å². The molecule has 7 nitrogen and oxygen atoms in total. The van der Waals surface area contributed by atoms with Crippen molar-refractivity contribution in [2.24, 2.45) is 10.9 Å².